The van der Waals surface area contributed by atoms with E-state index in [1.54, 1.807) is 0 Å². The third-order valence-electron chi connectivity index (χ3n) is 0.950. The molecule has 1 unspecified atom stereocenters. The van der Waals surface area contributed by atoms with Gasteiger partial charge in [0.05, 0.1) is 0 Å². The van der Waals surface area contributed by atoms with Crippen molar-refractivity contribution in [3.05, 3.63) is 0 Å². The molecular formula is C6H5F5O3. The highest BCUT2D eigenvalue weighted by atomic mass is 19.4. The highest BCUT2D eigenvalue weighted by Gasteiger charge is 2.34. The minimum Gasteiger partial charge on any atom is -0.391 e. The number of ether oxygens (including phenoxy) is 1. The zero-order chi connectivity index (χ0) is 11.4. The van der Waals surface area contributed by atoms with Crippen LogP contribution in [0.2, 0.25) is 0 Å². The number of esters is 2. The molecule has 14 heavy (non-hydrogen) atoms. The molecule has 0 bridgehead atoms. The van der Waals surface area contributed by atoms with Gasteiger partial charge in [0.1, 0.15) is 13.1 Å². The maximum atomic E-state index is 12.0. The van der Waals surface area contributed by atoms with Gasteiger partial charge in [-0.05, 0) is 0 Å². The Morgan fingerprint density at radius 2 is 1.79 bits per heavy atom. The van der Waals surface area contributed by atoms with Crippen LogP contribution < -0.4 is 0 Å². The highest BCUT2D eigenvalue weighted by Crippen LogP contribution is 2.20. The summed E-state index contributed by atoms with van der Waals surface area (Å²) >= 11 is 0. The third kappa shape index (κ3) is 5.44. The van der Waals surface area contributed by atoms with Gasteiger partial charge in [0.15, 0.2) is 0 Å². The van der Waals surface area contributed by atoms with Crippen LogP contribution in [0.15, 0.2) is 0 Å². The highest BCUT2D eigenvalue weighted by molar-refractivity contribution is 5.88. The molecule has 0 saturated heterocycles. The van der Waals surface area contributed by atoms with Crippen LogP contribution in [-0.2, 0) is 14.3 Å². The molecule has 0 amide bonds. The number of rotatable bonds is 3. The zero-order valence-electron chi connectivity index (χ0n) is 6.61. The molecule has 0 aliphatic rings. The van der Waals surface area contributed by atoms with Gasteiger partial charge >= 0.3 is 18.1 Å². The summed E-state index contributed by atoms with van der Waals surface area (Å²) in [5.41, 5.74) is 0. The second-order valence-electron chi connectivity index (χ2n) is 2.21. The molecule has 0 rings (SSSR count). The predicted molar refractivity (Wildman–Crippen MR) is 32.6 cm³/mol. The molecule has 0 aromatic rings. The molecule has 3 nitrogen and oxygen atoms in total. The van der Waals surface area contributed by atoms with Gasteiger partial charge in [0, 0.05) is 0 Å². The van der Waals surface area contributed by atoms with Crippen molar-refractivity contribution in [1.82, 2.24) is 0 Å². The lowest BCUT2D eigenvalue weighted by atomic mass is 10.4. The van der Waals surface area contributed by atoms with Crippen LogP contribution in [0.3, 0.4) is 0 Å². The maximum Gasteiger partial charge on any atom is 0.399 e. The molecule has 0 spiro atoms. The molecule has 0 N–H and O–H groups in total. The Labute approximate surface area is 74.8 Å². The summed E-state index contributed by atoms with van der Waals surface area (Å²) in [6.45, 7) is -1.75. The van der Waals surface area contributed by atoms with Crippen molar-refractivity contribution in [2.24, 2.45) is 0 Å². The average Bonchev–Trinajstić information content (AvgIpc) is 1.99. The Hall–Kier alpha value is -1.21. The van der Waals surface area contributed by atoms with Crippen molar-refractivity contribution in [1.29, 1.82) is 0 Å². The van der Waals surface area contributed by atoms with E-state index in [0.717, 1.165) is 0 Å². The second-order valence-corrected chi connectivity index (χ2v) is 2.21. The monoisotopic (exact) mass is 220 g/mol. The Balaban J connectivity index is 4.02. The topological polar surface area (TPSA) is 43.4 Å². The first-order valence-electron chi connectivity index (χ1n) is 3.27. The molecule has 8 heteroatoms. The van der Waals surface area contributed by atoms with Crippen LogP contribution in [0.4, 0.5) is 22.0 Å². The molecule has 0 aliphatic heterocycles. The first-order valence-corrected chi connectivity index (χ1v) is 3.27. The summed E-state index contributed by atoms with van der Waals surface area (Å²) < 4.78 is 61.2. The first kappa shape index (κ1) is 12.8. The fourth-order valence-electron chi connectivity index (χ4n) is 0.439. The van der Waals surface area contributed by atoms with E-state index >= 15 is 0 Å². The van der Waals surface area contributed by atoms with Crippen LogP contribution in [-0.4, -0.2) is 31.0 Å². The molecular weight excluding hydrogens is 215 g/mol. The number of carbonyl (C=O) groups excluding carboxylic acids is 2. The van der Waals surface area contributed by atoms with Gasteiger partial charge in [-0.2, -0.15) is 13.2 Å². The summed E-state index contributed by atoms with van der Waals surface area (Å²) in [6, 6.07) is 0. The van der Waals surface area contributed by atoms with E-state index < -0.39 is 37.4 Å². The lowest BCUT2D eigenvalue weighted by molar-refractivity contribution is -0.178. The maximum absolute atomic E-state index is 12.0. The SMILES string of the molecule is O=C(CC(F)(F)F)OC(=O)C(F)CF. The number of hydrogen-bond acceptors (Lipinski definition) is 3. The van der Waals surface area contributed by atoms with Crippen molar-refractivity contribution in [2.75, 3.05) is 6.67 Å². The number of hydrogen-bond donors (Lipinski definition) is 0. The molecule has 0 aromatic carbocycles. The van der Waals surface area contributed by atoms with Crippen LogP contribution >= 0.6 is 0 Å². The predicted octanol–water partition coefficient (Wildman–Crippen LogP) is 1.32. The fraction of sp³-hybridized carbons (Fsp3) is 0.667. The third-order valence-corrected chi connectivity index (χ3v) is 0.950. The number of alkyl halides is 5. The Morgan fingerprint density at radius 3 is 2.14 bits per heavy atom. The van der Waals surface area contributed by atoms with E-state index in [2.05, 4.69) is 4.74 Å². The number of halogens is 5. The molecule has 82 valence electrons. The van der Waals surface area contributed by atoms with Crippen molar-refractivity contribution >= 4 is 11.9 Å². The molecule has 0 fully saturated rings. The Bertz CT molecular complexity index is 224. The Morgan fingerprint density at radius 1 is 1.29 bits per heavy atom. The lowest BCUT2D eigenvalue weighted by Crippen LogP contribution is -2.26. The first-order chi connectivity index (χ1) is 6.26. The van der Waals surface area contributed by atoms with E-state index in [4.69, 9.17) is 0 Å². The summed E-state index contributed by atoms with van der Waals surface area (Å²) in [7, 11) is 0. The second kappa shape index (κ2) is 4.87. The van der Waals surface area contributed by atoms with E-state index in [9.17, 15) is 31.5 Å². The lowest BCUT2D eigenvalue weighted by Gasteiger charge is -2.06. The van der Waals surface area contributed by atoms with Gasteiger partial charge < -0.3 is 4.74 Å². The van der Waals surface area contributed by atoms with Crippen LogP contribution in [0.1, 0.15) is 6.42 Å². The van der Waals surface area contributed by atoms with Gasteiger partial charge in [0.25, 0.3) is 0 Å². The summed E-state index contributed by atoms with van der Waals surface area (Å²) in [6.07, 6.45) is -9.59. The van der Waals surface area contributed by atoms with Crippen molar-refractivity contribution in [3.8, 4) is 0 Å². The van der Waals surface area contributed by atoms with Crippen LogP contribution in [0.5, 0.6) is 0 Å². The van der Waals surface area contributed by atoms with Crippen LogP contribution in [0.25, 0.3) is 0 Å². The summed E-state index contributed by atoms with van der Waals surface area (Å²) in [5, 5.41) is 0. The molecule has 0 heterocycles. The minimum atomic E-state index is -4.85. The number of carbonyl (C=O) groups is 2. The normalized spacial score (nSPS) is 13.5. The smallest absolute Gasteiger partial charge is 0.391 e. The van der Waals surface area contributed by atoms with Gasteiger partial charge in [-0.1, -0.05) is 0 Å². The molecule has 0 radical (unpaired) electrons. The quantitative estimate of drug-likeness (QED) is 0.409. The van der Waals surface area contributed by atoms with Crippen molar-refractivity contribution in [2.45, 2.75) is 18.8 Å². The van der Waals surface area contributed by atoms with Crippen LogP contribution in [0, 0.1) is 0 Å². The molecule has 0 aliphatic carbocycles. The largest absolute Gasteiger partial charge is 0.399 e. The van der Waals surface area contributed by atoms with E-state index in [1.165, 1.54) is 0 Å². The zero-order valence-corrected chi connectivity index (χ0v) is 6.61. The van der Waals surface area contributed by atoms with E-state index in [0.29, 0.717) is 0 Å². The molecule has 1 atom stereocenters. The van der Waals surface area contributed by atoms with E-state index in [1.807, 2.05) is 0 Å². The van der Waals surface area contributed by atoms with E-state index in [-0.39, 0.29) is 0 Å². The van der Waals surface area contributed by atoms with Crippen molar-refractivity contribution < 1.29 is 36.3 Å². The standard InChI is InChI=1S/C6H5F5O3/c7-2-3(8)5(13)14-4(12)1-6(9,10)11/h3H,1-2H2. The van der Waals surface area contributed by atoms with Gasteiger partial charge in [-0.25, -0.2) is 13.6 Å². The summed E-state index contributed by atoms with van der Waals surface area (Å²) in [4.78, 5) is 20.5. The Kier molecular flexibility index (Phi) is 4.45. The average molecular weight is 220 g/mol. The van der Waals surface area contributed by atoms with Gasteiger partial charge in [-0.15, -0.1) is 0 Å². The van der Waals surface area contributed by atoms with Crippen molar-refractivity contribution in [3.63, 3.8) is 0 Å². The fourth-order valence-corrected chi connectivity index (χ4v) is 0.439. The van der Waals surface area contributed by atoms with Gasteiger partial charge in [0.2, 0.25) is 6.17 Å². The molecule has 0 aromatic heterocycles. The van der Waals surface area contributed by atoms with Gasteiger partial charge in [-0.3, -0.25) is 4.79 Å². The minimum absolute atomic E-state index is 1.75. The summed E-state index contributed by atoms with van der Waals surface area (Å²) in [5.74, 6) is -3.92. The molecule has 0 saturated carbocycles.